The highest BCUT2D eigenvalue weighted by atomic mass is 35.5. The molecule has 0 atom stereocenters. The van der Waals surface area contributed by atoms with Gasteiger partial charge in [0, 0.05) is 18.8 Å². The second-order valence-electron chi connectivity index (χ2n) is 4.30. The van der Waals surface area contributed by atoms with Gasteiger partial charge < -0.3 is 10.1 Å². The summed E-state index contributed by atoms with van der Waals surface area (Å²) in [4.78, 5) is 4.31. The molecule has 2 rings (SSSR count). The normalized spacial score (nSPS) is 10.6. The van der Waals surface area contributed by atoms with E-state index >= 15 is 0 Å². The molecule has 0 saturated heterocycles. The van der Waals surface area contributed by atoms with Gasteiger partial charge >= 0.3 is 0 Å². The molecule has 0 bridgehead atoms. The van der Waals surface area contributed by atoms with Crippen molar-refractivity contribution in [1.29, 1.82) is 0 Å². The van der Waals surface area contributed by atoms with Crippen LogP contribution in [-0.4, -0.2) is 11.5 Å². The largest absolute Gasteiger partial charge is 0.487 e. The molecule has 0 aliphatic carbocycles. The van der Waals surface area contributed by atoms with Crippen LogP contribution in [0.25, 0.3) is 0 Å². The lowest BCUT2D eigenvalue weighted by Crippen LogP contribution is -2.12. The Kier molecular flexibility index (Phi) is 5.32. The van der Waals surface area contributed by atoms with Gasteiger partial charge in [-0.25, -0.2) is 4.39 Å². The third-order valence-electron chi connectivity index (χ3n) is 2.74. The predicted octanol–water partition coefficient (Wildman–Crippen LogP) is 3.56. The van der Waals surface area contributed by atoms with Crippen LogP contribution in [0, 0.1) is 5.82 Å². The Hall–Kier alpha value is -1.65. The van der Waals surface area contributed by atoms with Gasteiger partial charge in [0.1, 0.15) is 18.2 Å². The number of halogens is 2. The van der Waals surface area contributed by atoms with Gasteiger partial charge in [0.2, 0.25) is 0 Å². The van der Waals surface area contributed by atoms with Crippen LogP contribution in [0.15, 0.2) is 36.5 Å². The highest BCUT2D eigenvalue weighted by molar-refractivity contribution is 6.30. The number of hydrogen-bond acceptors (Lipinski definition) is 3. The second-order valence-corrected chi connectivity index (χ2v) is 4.71. The Balaban J connectivity index is 1.91. The van der Waals surface area contributed by atoms with Crippen LogP contribution < -0.4 is 10.1 Å². The summed E-state index contributed by atoms with van der Waals surface area (Å²) in [6.45, 7) is 4.11. The van der Waals surface area contributed by atoms with Crippen molar-refractivity contribution in [2.24, 2.45) is 0 Å². The van der Waals surface area contributed by atoms with E-state index < -0.39 is 5.82 Å². The van der Waals surface area contributed by atoms with Crippen molar-refractivity contribution in [3.05, 3.63) is 58.6 Å². The molecule has 1 aromatic carbocycles. The van der Waals surface area contributed by atoms with E-state index in [9.17, 15) is 4.39 Å². The summed E-state index contributed by atoms with van der Waals surface area (Å²) in [6.07, 6.45) is 1.82. The lowest BCUT2D eigenvalue weighted by molar-refractivity contribution is 0.301. The van der Waals surface area contributed by atoms with Gasteiger partial charge in [-0.3, -0.25) is 4.98 Å². The highest BCUT2D eigenvalue weighted by Crippen LogP contribution is 2.21. The number of benzene rings is 1. The van der Waals surface area contributed by atoms with Crippen molar-refractivity contribution in [3.8, 4) is 5.75 Å². The van der Waals surface area contributed by atoms with Crippen molar-refractivity contribution in [2.75, 3.05) is 6.54 Å². The first-order valence-corrected chi connectivity index (χ1v) is 6.79. The molecule has 1 N–H and O–H groups in total. The molecular weight excluding hydrogens is 279 g/mol. The molecule has 0 amide bonds. The average molecular weight is 295 g/mol. The summed E-state index contributed by atoms with van der Waals surface area (Å²) < 4.78 is 18.5. The van der Waals surface area contributed by atoms with Crippen LogP contribution in [0.1, 0.15) is 18.2 Å². The third-order valence-corrected chi connectivity index (χ3v) is 3.03. The van der Waals surface area contributed by atoms with E-state index in [4.69, 9.17) is 16.3 Å². The first kappa shape index (κ1) is 14.8. The molecule has 0 aliphatic heterocycles. The fourth-order valence-corrected chi connectivity index (χ4v) is 1.81. The molecule has 0 fully saturated rings. The van der Waals surface area contributed by atoms with Crippen molar-refractivity contribution >= 4 is 11.6 Å². The van der Waals surface area contributed by atoms with Crippen LogP contribution in [-0.2, 0) is 13.2 Å². The molecule has 1 heterocycles. The molecule has 0 unspecified atom stereocenters. The van der Waals surface area contributed by atoms with Gasteiger partial charge in [0.25, 0.3) is 0 Å². The summed E-state index contributed by atoms with van der Waals surface area (Å²) >= 11 is 5.69. The Morgan fingerprint density at radius 1 is 1.30 bits per heavy atom. The van der Waals surface area contributed by atoms with E-state index in [1.54, 1.807) is 6.07 Å². The van der Waals surface area contributed by atoms with Crippen LogP contribution in [0.3, 0.4) is 0 Å². The maximum absolute atomic E-state index is 13.0. The topological polar surface area (TPSA) is 34.1 Å². The number of nitrogens with zero attached hydrogens (tertiary/aromatic N) is 1. The molecule has 0 aliphatic rings. The van der Waals surface area contributed by atoms with E-state index in [2.05, 4.69) is 17.2 Å². The highest BCUT2D eigenvalue weighted by Gasteiger charge is 2.03. The second kappa shape index (κ2) is 7.22. The summed E-state index contributed by atoms with van der Waals surface area (Å²) in [6, 6.07) is 8.20. The zero-order chi connectivity index (χ0) is 14.4. The number of rotatable bonds is 6. The molecule has 106 valence electrons. The van der Waals surface area contributed by atoms with Crippen LogP contribution >= 0.6 is 11.6 Å². The smallest absolute Gasteiger partial charge is 0.142 e. The standard InChI is InChI=1S/C15H16ClFN2O/c1-2-18-8-11-3-4-12(19-9-11)10-20-13-5-6-15(17)14(16)7-13/h3-7,9,18H,2,8,10H2,1H3. The third kappa shape index (κ3) is 4.18. The van der Waals surface area contributed by atoms with Gasteiger partial charge in [-0.1, -0.05) is 24.6 Å². The SMILES string of the molecule is CCNCc1ccc(COc2ccc(F)c(Cl)c2)nc1. The van der Waals surface area contributed by atoms with Gasteiger partial charge in [0.05, 0.1) is 10.7 Å². The lowest BCUT2D eigenvalue weighted by atomic mass is 10.2. The average Bonchev–Trinajstić information content (AvgIpc) is 2.47. The van der Waals surface area contributed by atoms with E-state index in [1.165, 1.54) is 12.1 Å². The Bertz CT molecular complexity index is 560. The Labute approximate surface area is 122 Å². The fraction of sp³-hybridized carbons (Fsp3) is 0.267. The quantitative estimate of drug-likeness (QED) is 0.884. The maximum Gasteiger partial charge on any atom is 0.142 e. The number of ether oxygens (including phenoxy) is 1. The van der Waals surface area contributed by atoms with E-state index in [-0.39, 0.29) is 5.02 Å². The van der Waals surface area contributed by atoms with Crippen molar-refractivity contribution in [1.82, 2.24) is 10.3 Å². The molecule has 0 spiro atoms. The van der Waals surface area contributed by atoms with Crippen LogP contribution in [0.2, 0.25) is 5.02 Å². The maximum atomic E-state index is 13.0. The van der Waals surface area contributed by atoms with Gasteiger partial charge in [-0.15, -0.1) is 0 Å². The monoisotopic (exact) mass is 294 g/mol. The molecule has 3 nitrogen and oxygen atoms in total. The van der Waals surface area contributed by atoms with Crippen LogP contribution in [0.5, 0.6) is 5.75 Å². The summed E-state index contributed by atoms with van der Waals surface area (Å²) in [5, 5.41) is 3.28. The molecular formula is C15H16ClFN2O. The summed E-state index contributed by atoms with van der Waals surface area (Å²) in [7, 11) is 0. The lowest BCUT2D eigenvalue weighted by Gasteiger charge is -2.07. The number of hydrogen-bond donors (Lipinski definition) is 1. The van der Waals surface area contributed by atoms with Crippen molar-refractivity contribution < 1.29 is 9.13 Å². The minimum atomic E-state index is -0.454. The summed E-state index contributed by atoms with van der Waals surface area (Å²) in [5.74, 6) is 0.0693. The van der Waals surface area contributed by atoms with E-state index in [0.29, 0.717) is 12.4 Å². The minimum Gasteiger partial charge on any atom is -0.487 e. The zero-order valence-electron chi connectivity index (χ0n) is 11.2. The molecule has 2 aromatic rings. The fourth-order valence-electron chi connectivity index (χ4n) is 1.64. The zero-order valence-corrected chi connectivity index (χ0v) is 12.0. The number of aromatic nitrogens is 1. The molecule has 20 heavy (non-hydrogen) atoms. The van der Waals surface area contributed by atoms with E-state index in [0.717, 1.165) is 24.3 Å². The van der Waals surface area contributed by atoms with Crippen molar-refractivity contribution in [2.45, 2.75) is 20.1 Å². The predicted molar refractivity (Wildman–Crippen MR) is 77.4 cm³/mol. The minimum absolute atomic E-state index is 0.0523. The molecule has 0 saturated carbocycles. The van der Waals surface area contributed by atoms with Crippen LogP contribution in [0.4, 0.5) is 4.39 Å². The van der Waals surface area contributed by atoms with Gasteiger partial charge in [-0.05, 0) is 30.3 Å². The first-order valence-electron chi connectivity index (χ1n) is 6.41. The Morgan fingerprint density at radius 2 is 2.15 bits per heavy atom. The first-order chi connectivity index (χ1) is 9.69. The molecule has 0 radical (unpaired) electrons. The Morgan fingerprint density at radius 3 is 2.80 bits per heavy atom. The van der Waals surface area contributed by atoms with Gasteiger partial charge in [0.15, 0.2) is 0 Å². The molecule has 1 aromatic heterocycles. The molecule has 5 heteroatoms. The number of nitrogens with one attached hydrogen (secondary N) is 1. The number of pyridine rings is 1. The van der Waals surface area contributed by atoms with E-state index in [1.807, 2.05) is 18.3 Å². The van der Waals surface area contributed by atoms with Crippen molar-refractivity contribution in [3.63, 3.8) is 0 Å². The van der Waals surface area contributed by atoms with Gasteiger partial charge in [-0.2, -0.15) is 0 Å². The summed E-state index contributed by atoms with van der Waals surface area (Å²) in [5.41, 5.74) is 1.94.